The molecule has 1 aromatic carbocycles. The van der Waals surface area contributed by atoms with E-state index in [2.05, 4.69) is 15.9 Å². The van der Waals surface area contributed by atoms with Crippen LogP contribution >= 0.6 is 49.9 Å². The van der Waals surface area contributed by atoms with Crippen LogP contribution in [-0.4, -0.2) is 17.9 Å². The Bertz CT molecular complexity index is 616. The van der Waals surface area contributed by atoms with Crippen LogP contribution in [0.5, 0.6) is 0 Å². The first-order valence-corrected chi connectivity index (χ1v) is 8.16. The molecule has 6 heteroatoms. The maximum atomic E-state index is 13.0. The molecule has 2 nitrogen and oxygen atoms in total. The summed E-state index contributed by atoms with van der Waals surface area (Å²) in [7, 11) is 1.75. The number of hydrogen-bond acceptors (Lipinski definition) is 2. The Kier molecular flexibility index (Phi) is 4.97. The summed E-state index contributed by atoms with van der Waals surface area (Å²) in [5, 5.41) is 1.98. The standard InChI is InChI=1S/C13H10BrFINOS/c1-17(6-10-4-8(14)7-19-10)13(18)11-3-2-9(15)5-12(11)16/h2-5,7H,6H2,1H3. The molecular weight excluding hydrogens is 444 g/mol. The van der Waals surface area contributed by atoms with E-state index in [1.165, 1.54) is 18.2 Å². The molecule has 0 atom stereocenters. The Hall–Kier alpha value is -0.470. The summed E-state index contributed by atoms with van der Waals surface area (Å²) in [5.74, 6) is -0.431. The quantitative estimate of drug-likeness (QED) is 0.625. The lowest BCUT2D eigenvalue weighted by molar-refractivity contribution is 0.0785. The molecule has 2 rings (SSSR count). The number of carbonyl (C=O) groups excluding carboxylic acids is 1. The van der Waals surface area contributed by atoms with Crippen molar-refractivity contribution in [3.05, 3.63) is 53.9 Å². The van der Waals surface area contributed by atoms with Gasteiger partial charge < -0.3 is 4.90 Å². The van der Waals surface area contributed by atoms with Gasteiger partial charge in [-0.15, -0.1) is 11.3 Å². The number of carbonyl (C=O) groups is 1. The minimum absolute atomic E-state index is 0.103. The average Bonchev–Trinajstić information content (AvgIpc) is 2.74. The van der Waals surface area contributed by atoms with Crippen molar-refractivity contribution in [3.8, 4) is 0 Å². The van der Waals surface area contributed by atoms with E-state index < -0.39 is 0 Å². The highest BCUT2D eigenvalue weighted by atomic mass is 127. The third kappa shape index (κ3) is 3.76. The molecule has 0 aliphatic rings. The van der Waals surface area contributed by atoms with Crippen LogP contribution < -0.4 is 0 Å². The van der Waals surface area contributed by atoms with Gasteiger partial charge in [0, 0.05) is 25.3 Å². The molecule has 19 heavy (non-hydrogen) atoms. The van der Waals surface area contributed by atoms with Crippen molar-refractivity contribution < 1.29 is 9.18 Å². The van der Waals surface area contributed by atoms with Crippen molar-refractivity contribution in [2.24, 2.45) is 0 Å². The van der Waals surface area contributed by atoms with E-state index in [0.29, 0.717) is 15.7 Å². The molecule has 0 bridgehead atoms. The van der Waals surface area contributed by atoms with Gasteiger partial charge >= 0.3 is 0 Å². The van der Waals surface area contributed by atoms with Crippen LogP contribution in [0, 0.1) is 9.39 Å². The lowest BCUT2D eigenvalue weighted by Gasteiger charge is -2.17. The lowest BCUT2D eigenvalue weighted by Crippen LogP contribution is -2.26. The van der Waals surface area contributed by atoms with E-state index in [1.807, 2.05) is 34.0 Å². The zero-order chi connectivity index (χ0) is 14.0. The fourth-order valence-corrected chi connectivity index (χ4v) is 3.82. The monoisotopic (exact) mass is 453 g/mol. The van der Waals surface area contributed by atoms with Crippen molar-refractivity contribution in [2.45, 2.75) is 6.54 Å². The second-order valence-corrected chi connectivity index (χ2v) is 7.09. The zero-order valence-electron chi connectivity index (χ0n) is 9.99. The van der Waals surface area contributed by atoms with Crippen LogP contribution in [0.3, 0.4) is 0 Å². The number of halogens is 3. The van der Waals surface area contributed by atoms with Crippen molar-refractivity contribution in [1.82, 2.24) is 4.90 Å². The predicted octanol–water partition coefficient (Wildman–Crippen LogP) is 4.53. The Morgan fingerprint density at radius 1 is 1.47 bits per heavy atom. The van der Waals surface area contributed by atoms with Gasteiger partial charge in [0.2, 0.25) is 0 Å². The molecule has 0 aliphatic heterocycles. The summed E-state index contributed by atoms with van der Waals surface area (Å²) < 4.78 is 14.7. The molecule has 0 N–H and O–H groups in total. The number of rotatable bonds is 3. The first kappa shape index (κ1) is 14.9. The summed E-state index contributed by atoms with van der Waals surface area (Å²) in [6.45, 7) is 0.544. The summed E-state index contributed by atoms with van der Waals surface area (Å²) >= 11 is 6.96. The molecule has 0 radical (unpaired) electrons. The Balaban J connectivity index is 2.14. The molecule has 0 fully saturated rings. The van der Waals surface area contributed by atoms with Crippen LogP contribution in [0.25, 0.3) is 0 Å². The molecule has 1 amide bonds. The Labute approximate surface area is 136 Å². The van der Waals surface area contributed by atoms with E-state index in [1.54, 1.807) is 23.3 Å². The van der Waals surface area contributed by atoms with E-state index in [4.69, 9.17) is 0 Å². The number of nitrogens with zero attached hydrogens (tertiary/aromatic N) is 1. The highest BCUT2D eigenvalue weighted by molar-refractivity contribution is 14.1. The molecule has 0 spiro atoms. The smallest absolute Gasteiger partial charge is 0.254 e. The summed E-state index contributed by atoms with van der Waals surface area (Å²) in [6, 6.07) is 6.19. The fourth-order valence-electron chi connectivity index (χ4n) is 1.61. The lowest BCUT2D eigenvalue weighted by atomic mass is 10.2. The molecule has 0 unspecified atom stereocenters. The zero-order valence-corrected chi connectivity index (χ0v) is 14.6. The van der Waals surface area contributed by atoms with Crippen molar-refractivity contribution in [1.29, 1.82) is 0 Å². The number of benzene rings is 1. The van der Waals surface area contributed by atoms with Crippen LogP contribution in [0.4, 0.5) is 4.39 Å². The molecule has 0 saturated heterocycles. The topological polar surface area (TPSA) is 20.3 Å². The minimum atomic E-state index is -0.328. The van der Waals surface area contributed by atoms with E-state index in [0.717, 1.165) is 9.35 Å². The van der Waals surface area contributed by atoms with Gasteiger partial charge in [0.15, 0.2) is 0 Å². The van der Waals surface area contributed by atoms with Crippen molar-refractivity contribution in [2.75, 3.05) is 7.05 Å². The second-order valence-electron chi connectivity index (χ2n) is 4.02. The summed E-state index contributed by atoms with van der Waals surface area (Å²) in [4.78, 5) is 15.0. The highest BCUT2D eigenvalue weighted by Crippen LogP contribution is 2.22. The third-order valence-corrected chi connectivity index (χ3v) is 5.10. The van der Waals surface area contributed by atoms with Crippen molar-refractivity contribution >= 4 is 55.8 Å². The Morgan fingerprint density at radius 2 is 2.21 bits per heavy atom. The first-order chi connectivity index (χ1) is 8.97. The molecule has 0 saturated carbocycles. The van der Waals surface area contributed by atoms with E-state index in [9.17, 15) is 9.18 Å². The Morgan fingerprint density at radius 3 is 2.79 bits per heavy atom. The molecule has 100 valence electrons. The normalized spacial score (nSPS) is 10.5. The van der Waals surface area contributed by atoms with Gasteiger partial charge in [-0.05, 0) is 62.8 Å². The minimum Gasteiger partial charge on any atom is -0.337 e. The molecule has 1 heterocycles. The molecular formula is C13H10BrFINOS. The van der Waals surface area contributed by atoms with Gasteiger partial charge in [-0.1, -0.05) is 0 Å². The van der Waals surface area contributed by atoms with Crippen LogP contribution in [0.15, 0.2) is 34.1 Å². The van der Waals surface area contributed by atoms with Crippen molar-refractivity contribution in [3.63, 3.8) is 0 Å². The van der Waals surface area contributed by atoms with E-state index in [-0.39, 0.29) is 11.7 Å². The van der Waals surface area contributed by atoms with Crippen LogP contribution in [0.2, 0.25) is 0 Å². The second kappa shape index (κ2) is 6.32. The van der Waals surface area contributed by atoms with Gasteiger partial charge in [0.1, 0.15) is 5.82 Å². The summed E-state index contributed by atoms with van der Waals surface area (Å²) in [6.07, 6.45) is 0. The van der Waals surface area contributed by atoms with Gasteiger partial charge in [-0.3, -0.25) is 4.79 Å². The van der Waals surface area contributed by atoms with E-state index >= 15 is 0 Å². The number of hydrogen-bond donors (Lipinski definition) is 0. The van der Waals surface area contributed by atoms with Gasteiger partial charge in [-0.2, -0.15) is 0 Å². The third-order valence-electron chi connectivity index (χ3n) is 2.52. The fraction of sp³-hybridized carbons (Fsp3) is 0.154. The first-order valence-electron chi connectivity index (χ1n) is 5.41. The molecule has 2 aromatic rings. The molecule has 0 aliphatic carbocycles. The number of thiophene rings is 1. The van der Waals surface area contributed by atoms with Gasteiger partial charge in [0.25, 0.3) is 5.91 Å². The number of amides is 1. The van der Waals surface area contributed by atoms with Crippen LogP contribution in [0.1, 0.15) is 15.2 Å². The van der Waals surface area contributed by atoms with Gasteiger partial charge in [-0.25, -0.2) is 4.39 Å². The maximum absolute atomic E-state index is 13.0. The largest absolute Gasteiger partial charge is 0.337 e. The predicted molar refractivity (Wildman–Crippen MR) is 86.9 cm³/mol. The highest BCUT2D eigenvalue weighted by Gasteiger charge is 2.16. The maximum Gasteiger partial charge on any atom is 0.254 e. The molecule has 1 aromatic heterocycles. The van der Waals surface area contributed by atoms with Gasteiger partial charge in [0.05, 0.1) is 12.1 Å². The van der Waals surface area contributed by atoms with Crippen LogP contribution in [-0.2, 0) is 6.54 Å². The SMILES string of the molecule is CN(Cc1cc(Br)cs1)C(=O)c1ccc(F)cc1I. The summed E-state index contributed by atoms with van der Waals surface area (Å²) in [5.41, 5.74) is 0.528. The average molecular weight is 454 g/mol.